The maximum absolute atomic E-state index is 13.0. The minimum atomic E-state index is -0.279. The van der Waals surface area contributed by atoms with E-state index in [1.54, 1.807) is 18.2 Å². The van der Waals surface area contributed by atoms with Gasteiger partial charge < -0.3 is 10.6 Å². The second kappa shape index (κ2) is 5.95. The Morgan fingerprint density at radius 3 is 2.78 bits per heavy atom. The molecule has 2 rings (SSSR count). The van der Waals surface area contributed by atoms with Gasteiger partial charge in [0.15, 0.2) is 0 Å². The Bertz CT molecular complexity index is 516. The standard InChI is InChI=1S/C13H15FN4/c1-2-6-15-12-8-13(17-9-16-12)18-11-5-3-4-10(14)7-11/h3-5,7-9H,2,6H2,1H3,(H2,15,16,17,18). The molecule has 0 saturated heterocycles. The van der Waals surface area contributed by atoms with E-state index in [0.29, 0.717) is 11.5 Å². The van der Waals surface area contributed by atoms with Crippen molar-refractivity contribution in [2.24, 2.45) is 0 Å². The summed E-state index contributed by atoms with van der Waals surface area (Å²) in [6.07, 6.45) is 2.50. The van der Waals surface area contributed by atoms with Gasteiger partial charge in [-0.3, -0.25) is 0 Å². The molecule has 0 fully saturated rings. The van der Waals surface area contributed by atoms with Crippen LogP contribution < -0.4 is 10.6 Å². The third-order valence-electron chi connectivity index (χ3n) is 2.32. The average molecular weight is 246 g/mol. The van der Waals surface area contributed by atoms with E-state index in [0.717, 1.165) is 18.8 Å². The predicted molar refractivity (Wildman–Crippen MR) is 70.5 cm³/mol. The molecule has 0 aliphatic carbocycles. The molecule has 2 aromatic rings. The van der Waals surface area contributed by atoms with Gasteiger partial charge in [0, 0.05) is 18.3 Å². The van der Waals surface area contributed by atoms with Gasteiger partial charge in [0.25, 0.3) is 0 Å². The zero-order valence-corrected chi connectivity index (χ0v) is 10.2. The van der Waals surface area contributed by atoms with E-state index in [9.17, 15) is 4.39 Å². The first kappa shape index (κ1) is 12.3. The Hall–Kier alpha value is -2.17. The van der Waals surface area contributed by atoms with Crippen LogP contribution in [0.15, 0.2) is 36.7 Å². The lowest BCUT2D eigenvalue weighted by Crippen LogP contribution is -2.03. The lowest BCUT2D eigenvalue weighted by molar-refractivity contribution is 0.628. The topological polar surface area (TPSA) is 49.8 Å². The molecule has 0 atom stereocenters. The van der Waals surface area contributed by atoms with Gasteiger partial charge in [0.2, 0.25) is 0 Å². The van der Waals surface area contributed by atoms with Crippen LogP contribution in [0.4, 0.5) is 21.7 Å². The van der Waals surface area contributed by atoms with Crippen LogP contribution in [0.5, 0.6) is 0 Å². The normalized spacial score (nSPS) is 10.1. The minimum absolute atomic E-state index is 0.279. The minimum Gasteiger partial charge on any atom is -0.370 e. The van der Waals surface area contributed by atoms with E-state index in [1.165, 1.54) is 18.5 Å². The van der Waals surface area contributed by atoms with Crippen LogP contribution in [0.2, 0.25) is 0 Å². The summed E-state index contributed by atoms with van der Waals surface area (Å²) in [5.74, 6) is 1.11. The fraction of sp³-hybridized carbons (Fsp3) is 0.231. The molecule has 1 aromatic carbocycles. The van der Waals surface area contributed by atoms with Crippen LogP contribution in [0.1, 0.15) is 13.3 Å². The van der Waals surface area contributed by atoms with Gasteiger partial charge in [0.1, 0.15) is 23.8 Å². The number of anilines is 3. The summed E-state index contributed by atoms with van der Waals surface area (Å²) in [4.78, 5) is 8.19. The highest BCUT2D eigenvalue weighted by atomic mass is 19.1. The zero-order chi connectivity index (χ0) is 12.8. The van der Waals surface area contributed by atoms with Crippen LogP contribution in [0, 0.1) is 5.82 Å². The molecular weight excluding hydrogens is 231 g/mol. The molecule has 1 heterocycles. The third kappa shape index (κ3) is 3.41. The van der Waals surface area contributed by atoms with E-state index >= 15 is 0 Å². The van der Waals surface area contributed by atoms with Gasteiger partial charge >= 0.3 is 0 Å². The number of nitrogens with zero attached hydrogens (tertiary/aromatic N) is 2. The van der Waals surface area contributed by atoms with Crippen molar-refractivity contribution in [1.82, 2.24) is 9.97 Å². The van der Waals surface area contributed by atoms with Crippen LogP contribution in [0.3, 0.4) is 0 Å². The van der Waals surface area contributed by atoms with Crippen molar-refractivity contribution in [1.29, 1.82) is 0 Å². The Morgan fingerprint density at radius 1 is 1.17 bits per heavy atom. The Labute approximate surface area is 105 Å². The molecular formula is C13H15FN4. The Balaban J connectivity index is 2.09. The summed E-state index contributed by atoms with van der Waals surface area (Å²) >= 11 is 0. The van der Waals surface area contributed by atoms with Crippen LogP contribution >= 0.6 is 0 Å². The van der Waals surface area contributed by atoms with Gasteiger partial charge in [-0.05, 0) is 24.6 Å². The molecule has 5 heteroatoms. The number of hydrogen-bond donors (Lipinski definition) is 2. The number of hydrogen-bond acceptors (Lipinski definition) is 4. The summed E-state index contributed by atoms with van der Waals surface area (Å²) in [5, 5.41) is 6.20. The molecule has 0 aliphatic rings. The van der Waals surface area contributed by atoms with E-state index in [-0.39, 0.29) is 5.82 Å². The van der Waals surface area contributed by atoms with Crippen molar-refractivity contribution in [2.75, 3.05) is 17.2 Å². The first-order chi connectivity index (χ1) is 8.78. The lowest BCUT2D eigenvalue weighted by atomic mass is 10.3. The largest absolute Gasteiger partial charge is 0.370 e. The molecule has 0 saturated carbocycles. The molecule has 0 spiro atoms. The number of aromatic nitrogens is 2. The molecule has 0 aliphatic heterocycles. The summed E-state index contributed by atoms with van der Waals surface area (Å²) < 4.78 is 13.0. The molecule has 18 heavy (non-hydrogen) atoms. The molecule has 0 amide bonds. The van der Waals surface area contributed by atoms with Gasteiger partial charge in [-0.15, -0.1) is 0 Å². The summed E-state index contributed by atoms with van der Waals surface area (Å²) in [7, 11) is 0. The zero-order valence-electron chi connectivity index (χ0n) is 10.2. The SMILES string of the molecule is CCCNc1cc(Nc2cccc(F)c2)ncn1. The first-order valence-corrected chi connectivity index (χ1v) is 5.86. The summed E-state index contributed by atoms with van der Waals surface area (Å²) in [5.41, 5.74) is 0.662. The van der Waals surface area contributed by atoms with Gasteiger partial charge in [-0.1, -0.05) is 13.0 Å². The summed E-state index contributed by atoms with van der Waals surface area (Å²) in [6.45, 7) is 2.94. The number of rotatable bonds is 5. The lowest BCUT2D eigenvalue weighted by Gasteiger charge is -2.07. The molecule has 0 radical (unpaired) electrons. The highest BCUT2D eigenvalue weighted by molar-refractivity contribution is 5.58. The van der Waals surface area contributed by atoms with Gasteiger partial charge in [-0.25, -0.2) is 14.4 Å². The first-order valence-electron chi connectivity index (χ1n) is 5.86. The predicted octanol–water partition coefficient (Wildman–Crippen LogP) is 3.18. The highest BCUT2D eigenvalue weighted by Gasteiger charge is 2.00. The Kier molecular flexibility index (Phi) is 4.06. The van der Waals surface area contributed by atoms with Crippen molar-refractivity contribution in [3.63, 3.8) is 0 Å². The fourth-order valence-electron chi connectivity index (χ4n) is 1.49. The van der Waals surface area contributed by atoms with Crippen LogP contribution in [-0.4, -0.2) is 16.5 Å². The van der Waals surface area contributed by atoms with Gasteiger partial charge in [-0.2, -0.15) is 0 Å². The van der Waals surface area contributed by atoms with Crippen molar-refractivity contribution >= 4 is 17.3 Å². The molecule has 2 N–H and O–H groups in total. The van der Waals surface area contributed by atoms with Crippen LogP contribution in [0.25, 0.3) is 0 Å². The van der Waals surface area contributed by atoms with Crippen molar-refractivity contribution in [3.05, 3.63) is 42.5 Å². The molecule has 0 bridgehead atoms. The fourth-order valence-corrected chi connectivity index (χ4v) is 1.49. The van der Waals surface area contributed by atoms with Crippen molar-refractivity contribution in [3.8, 4) is 0 Å². The summed E-state index contributed by atoms with van der Waals surface area (Å²) in [6, 6.07) is 8.04. The maximum atomic E-state index is 13.0. The second-order valence-electron chi connectivity index (χ2n) is 3.85. The third-order valence-corrected chi connectivity index (χ3v) is 2.32. The average Bonchev–Trinajstić information content (AvgIpc) is 2.37. The van der Waals surface area contributed by atoms with E-state index < -0.39 is 0 Å². The highest BCUT2D eigenvalue weighted by Crippen LogP contribution is 2.16. The molecule has 94 valence electrons. The van der Waals surface area contributed by atoms with Crippen molar-refractivity contribution in [2.45, 2.75) is 13.3 Å². The maximum Gasteiger partial charge on any atom is 0.135 e. The van der Waals surface area contributed by atoms with Crippen molar-refractivity contribution < 1.29 is 4.39 Å². The van der Waals surface area contributed by atoms with Gasteiger partial charge in [0.05, 0.1) is 0 Å². The molecule has 0 unspecified atom stereocenters. The van der Waals surface area contributed by atoms with Crippen LogP contribution in [-0.2, 0) is 0 Å². The number of benzene rings is 1. The smallest absolute Gasteiger partial charge is 0.135 e. The second-order valence-corrected chi connectivity index (χ2v) is 3.85. The molecule has 1 aromatic heterocycles. The molecule has 4 nitrogen and oxygen atoms in total. The van der Waals surface area contributed by atoms with E-state index in [4.69, 9.17) is 0 Å². The Morgan fingerprint density at radius 2 is 2.00 bits per heavy atom. The number of nitrogens with one attached hydrogen (secondary N) is 2. The van der Waals surface area contributed by atoms with E-state index in [1.807, 2.05) is 0 Å². The monoisotopic (exact) mass is 246 g/mol. The quantitative estimate of drug-likeness (QED) is 0.850. The van der Waals surface area contributed by atoms with E-state index in [2.05, 4.69) is 27.5 Å². The number of halogens is 1.